The van der Waals surface area contributed by atoms with Gasteiger partial charge in [0, 0.05) is 12.5 Å². The number of hydrogen-bond acceptors (Lipinski definition) is 3. The van der Waals surface area contributed by atoms with Crippen molar-refractivity contribution in [1.29, 1.82) is 0 Å². The molecule has 24 heavy (non-hydrogen) atoms. The normalized spacial score (nSPS) is 20.4. The fourth-order valence-corrected chi connectivity index (χ4v) is 3.17. The molecule has 1 amide bonds. The molecule has 1 aliphatic heterocycles. The number of methoxy groups -OCH3 is 2. The zero-order chi connectivity index (χ0) is 17.1. The zero-order valence-corrected chi connectivity index (χ0v) is 13.7. The SMILES string of the molecule is COc1ccc(C2CNC(=O)C(c3ccc(F)cc3)C2)cc1OC. The van der Waals surface area contributed by atoms with Gasteiger partial charge in [-0.25, -0.2) is 4.39 Å². The zero-order valence-electron chi connectivity index (χ0n) is 13.7. The monoisotopic (exact) mass is 329 g/mol. The molecule has 0 radical (unpaired) electrons. The molecule has 0 spiro atoms. The summed E-state index contributed by atoms with van der Waals surface area (Å²) in [5.41, 5.74) is 1.92. The minimum atomic E-state index is -0.300. The van der Waals surface area contributed by atoms with E-state index in [1.807, 2.05) is 18.2 Å². The van der Waals surface area contributed by atoms with E-state index in [1.54, 1.807) is 26.4 Å². The Morgan fingerprint density at radius 1 is 1.00 bits per heavy atom. The third-order valence-electron chi connectivity index (χ3n) is 4.51. The van der Waals surface area contributed by atoms with Crippen LogP contribution in [0.3, 0.4) is 0 Å². The number of carbonyl (C=O) groups excluding carboxylic acids is 1. The van der Waals surface area contributed by atoms with Crippen LogP contribution in [0.1, 0.15) is 29.4 Å². The number of hydrogen-bond donors (Lipinski definition) is 1. The van der Waals surface area contributed by atoms with Crippen molar-refractivity contribution in [3.63, 3.8) is 0 Å². The lowest BCUT2D eigenvalue weighted by Gasteiger charge is -2.30. The van der Waals surface area contributed by atoms with Gasteiger partial charge in [0.25, 0.3) is 0 Å². The van der Waals surface area contributed by atoms with E-state index in [4.69, 9.17) is 9.47 Å². The summed E-state index contributed by atoms with van der Waals surface area (Å²) < 4.78 is 23.7. The second kappa shape index (κ2) is 6.91. The lowest BCUT2D eigenvalue weighted by Crippen LogP contribution is -2.39. The van der Waals surface area contributed by atoms with E-state index >= 15 is 0 Å². The van der Waals surface area contributed by atoms with Gasteiger partial charge in [0.1, 0.15) is 5.82 Å². The molecular formula is C19H20FNO3. The number of ether oxygens (including phenoxy) is 2. The van der Waals surface area contributed by atoms with Gasteiger partial charge >= 0.3 is 0 Å². The summed E-state index contributed by atoms with van der Waals surface area (Å²) in [5.74, 6) is 0.918. The number of nitrogens with one attached hydrogen (secondary N) is 1. The Hall–Kier alpha value is -2.56. The second-order valence-electron chi connectivity index (χ2n) is 5.90. The van der Waals surface area contributed by atoms with Gasteiger partial charge in [-0.1, -0.05) is 18.2 Å². The molecule has 1 fully saturated rings. The molecule has 1 N–H and O–H groups in total. The summed E-state index contributed by atoms with van der Waals surface area (Å²) in [6.45, 7) is 0.575. The molecule has 4 nitrogen and oxygen atoms in total. The fraction of sp³-hybridized carbons (Fsp3) is 0.316. The van der Waals surface area contributed by atoms with Crippen molar-refractivity contribution in [2.75, 3.05) is 20.8 Å². The van der Waals surface area contributed by atoms with Crippen LogP contribution in [0.5, 0.6) is 11.5 Å². The molecule has 1 saturated heterocycles. The average Bonchev–Trinajstić information content (AvgIpc) is 2.62. The minimum Gasteiger partial charge on any atom is -0.493 e. The van der Waals surface area contributed by atoms with Gasteiger partial charge in [0.2, 0.25) is 5.91 Å². The lowest BCUT2D eigenvalue weighted by atomic mass is 9.81. The average molecular weight is 329 g/mol. The third-order valence-corrected chi connectivity index (χ3v) is 4.51. The third kappa shape index (κ3) is 3.20. The highest BCUT2D eigenvalue weighted by Crippen LogP contribution is 2.36. The molecule has 2 aromatic rings. The van der Waals surface area contributed by atoms with Crippen LogP contribution < -0.4 is 14.8 Å². The Morgan fingerprint density at radius 3 is 2.33 bits per heavy atom. The van der Waals surface area contributed by atoms with Crippen LogP contribution in [0, 0.1) is 5.82 Å². The van der Waals surface area contributed by atoms with Crippen LogP contribution in [0.4, 0.5) is 4.39 Å². The van der Waals surface area contributed by atoms with Gasteiger partial charge in [0.15, 0.2) is 11.5 Å². The molecular weight excluding hydrogens is 309 g/mol. The molecule has 126 valence electrons. The first kappa shape index (κ1) is 16.3. The summed E-state index contributed by atoms with van der Waals surface area (Å²) in [4.78, 5) is 12.2. The van der Waals surface area contributed by atoms with E-state index in [0.717, 1.165) is 11.1 Å². The fourth-order valence-electron chi connectivity index (χ4n) is 3.17. The number of carbonyl (C=O) groups is 1. The van der Waals surface area contributed by atoms with Crippen molar-refractivity contribution in [1.82, 2.24) is 5.32 Å². The molecule has 0 bridgehead atoms. The number of piperidine rings is 1. The molecule has 2 atom stereocenters. The molecule has 0 aromatic heterocycles. The van der Waals surface area contributed by atoms with Crippen LogP contribution in [-0.2, 0) is 4.79 Å². The first-order valence-electron chi connectivity index (χ1n) is 7.87. The number of amides is 1. The molecule has 2 aromatic carbocycles. The summed E-state index contributed by atoms with van der Waals surface area (Å²) in [6.07, 6.45) is 0.674. The van der Waals surface area contributed by atoms with Gasteiger partial charge in [-0.05, 0) is 41.8 Å². The topological polar surface area (TPSA) is 47.6 Å². The Kier molecular flexibility index (Phi) is 4.69. The predicted molar refractivity (Wildman–Crippen MR) is 89.1 cm³/mol. The Labute approximate surface area is 140 Å². The largest absolute Gasteiger partial charge is 0.493 e. The summed E-state index contributed by atoms with van der Waals surface area (Å²) in [7, 11) is 3.20. The first-order chi connectivity index (χ1) is 11.6. The van der Waals surface area contributed by atoms with Crippen molar-refractivity contribution in [3.05, 3.63) is 59.4 Å². The first-order valence-corrected chi connectivity index (χ1v) is 7.87. The van der Waals surface area contributed by atoms with Crippen LogP contribution in [0.2, 0.25) is 0 Å². The van der Waals surface area contributed by atoms with Crippen molar-refractivity contribution >= 4 is 5.91 Å². The van der Waals surface area contributed by atoms with Gasteiger partial charge in [-0.2, -0.15) is 0 Å². The van der Waals surface area contributed by atoms with E-state index < -0.39 is 0 Å². The van der Waals surface area contributed by atoms with E-state index in [1.165, 1.54) is 12.1 Å². The maximum absolute atomic E-state index is 13.1. The highest BCUT2D eigenvalue weighted by molar-refractivity contribution is 5.84. The number of halogens is 1. The van der Waals surface area contributed by atoms with Crippen molar-refractivity contribution in [2.24, 2.45) is 0 Å². The Morgan fingerprint density at radius 2 is 1.67 bits per heavy atom. The summed E-state index contributed by atoms with van der Waals surface area (Å²) in [5, 5.41) is 2.96. The van der Waals surface area contributed by atoms with Gasteiger partial charge in [-0.3, -0.25) is 4.79 Å². The van der Waals surface area contributed by atoms with Crippen LogP contribution in [-0.4, -0.2) is 26.7 Å². The standard InChI is InChI=1S/C19H20FNO3/c1-23-17-8-5-13(10-18(17)24-2)14-9-16(19(22)21-11-14)12-3-6-15(20)7-4-12/h3-8,10,14,16H,9,11H2,1-2H3,(H,21,22). The van der Waals surface area contributed by atoms with Gasteiger partial charge < -0.3 is 14.8 Å². The molecule has 2 unspecified atom stereocenters. The number of rotatable bonds is 4. The van der Waals surface area contributed by atoms with Crippen molar-refractivity contribution in [2.45, 2.75) is 18.3 Å². The molecule has 1 heterocycles. The maximum Gasteiger partial charge on any atom is 0.227 e. The van der Waals surface area contributed by atoms with Crippen molar-refractivity contribution < 1.29 is 18.7 Å². The quantitative estimate of drug-likeness (QED) is 0.937. The van der Waals surface area contributed by atoms with Crippen LogP contribution in [0.15, 0.2) is 42.5 Å². The molecule has 5 heteroatoms. The maximum atomic E-state index is 13.1. The molecule has 1 aliphatic rings. The van der Waals surface area contributed by atoms with E-state index in [9.17, 15) is 9.18 Å². The minimum absolute atomic E-state index is 0.0154. The molecule has 3 rings (SSSR count). The molecule has 0 saturated carbocycles. The van der Waals surface area contributed by atoms with Crippen LogP contribution >= 0.6 is 0 Å². The van der Waals surface area contributed by atoms with E-state index in [-0.39, 0.29) is 23.6 Å². The Balaban J connectivity index is 1.85. The Bertz CT molecular complexity index is 730. The van der Waals surface area contributed by atoms with E-state index in [0.29, 0.717) is 24.5 Å². The van der Waals surface area contributed by atoms with Gasteiger partial charge in [-0.15, -0.1) is 0 Å². The molecule has 0 aliphatic carbocycles. The lowest BCUT2D eigenvalue weighted by molar-refractivity contribution is -0.124. The van der Waals surface area contributed by atoms with Gasteiger partial charge in [0.05, 0.1) is 20.1 Å². The second-order valence-corrected chi connectivity index (χ2v) is 5.90. The number of benzene rings is 2. The van der Waals surface area contributed by atoms with Crippen LogP contribution in [0.25, 0.3) is 0 Å². The predicted octanol–water partition coefficient (Wildman–Crippen LogP) is 3.23. The van der Waals surface area contributed by atoms with E-state index in [2.05, 4.69) is 5.32 Å². The summed E-state index contributed by atoms with van der Waals surface area (Å²) in [6, 6.07) is 11.9. The smallest absolute Gasteiger partial charge is 0.227 e. The summed E-state index contributed by atoms with van der Waals surface area (Å²) >= 11 is 0. The highest BCUT2D eigenvalue weighted by Gasteiger charge is 2.31. The van der Waals surface area contributed by atoms with Crippen molar-refractivity contribution in [3.8, 4) is 11.5 Å². The highest BCUT2D eigenvalue weighted by atomic mass is 19.1.